The molecule has 4 heteroatoms. The first kappa shape index (κ1) is 28.6. The Morgan fingerprint density at radius 1 is 0.400 bits per heavy atom. The van der Waals surface area contributed by atoms with Gasteiger partial charge in [-0.1, -0.05) is 127 Å². The van der Waals surface area contributed by atoms with Gasteiger partial charge in [0.15, 0.2) is 0 Å². The molecule has 0 radical (unpaired) electrons. The molecule has 0 amide bonds. The van der Waals surface area contributed by atoms with Gasteiger partial charge in [0, 0.05) is 38.6 Å². The third-order valence-corrected chi connectivity index (χ3v) is 10.2. The summed E-state index contributed by atoms with van der Waals surface area (Å²) in [7, 11) is 0. The van der Waals surface area contributed by atoms with Crippen molar-refractivity contribution in [3.8, 4) is 11.4 Å². The summed E-state index contributed by atoms with van der Waals surface area (Å²) in [4.78, 5) is 0. The number of benzene rings is 7. The Bertz CT molecular complexity index is 2630. The second kappa shape index (κ2) is 11.7. The number of aromatic nitrogens is 2. The summed E-state index contributed by atoms with van der Waals surface area (Å²) < 4.78 is 4.78. The monoisotopic (exact) mass is 642 g/mol. The molecule has 1 aliphatic heterocycles. The molecule has 0 spiro atoms. The minimum atomic E-state index is -0.120. The van der Waals surface area contributed by atoms with Gasteiger partial charge in [-0.15, -0.1) is 0 Å². The number of fused-ring (bicyclic) bond motifs is 6. The zero-order valence-electron chi connectivity index (χ0n) is 27.4. The lowest BCUT2D eigenvalue weighted by Gasteiger charge is -2.33. The molecule has 4 nitrogen and oxygen atoms in total. The first-order valence-electron chi connectivity index (χ1n) is 17.3. The summed E-state index contributed by atoms with van der Waals surface area (Å²) in [5, 5.41) is 12.9. The summed E-state index contributed by atoms with van der Waals surface area (Å²) in [6, 6.07) is 63.3. The lowest BCUT2D eigenvalue weighted by molar-refractivity contribution is 0.442. The van der Waals surface area contributed by atoms with Crippen LogP contribution in [0.25, 0.3) is 60.7 Å². The van der Waals surface area contributed by atoms with Crippen LogP contribution in [0.15, 0.2) is 182 Å². The van der Waals surface area contributed by atoms with E-state index in [0.717, 1.165) is 17.1 Å². The standard InChI is InChI=1S/C46H34N4/c1-2-14-31(15-3-1)40-30-41(32-16-12-18-34(28-32)49-42-24-8-4-20-36(42)37-21-5-9-25-43(37)49)48-46(47-40)33-17-13-19-35(29-33)50-44-26-10-6-22-38(44)39-23-7-11-27-45(39)50/h1-30,41,46-48H. The van der Waals surface area contributed by atoms with Crippen LogP contribution in [0, 0.1) is 0 Å². The molecule has 9 aromatic rings. The van der Waals surface area contributed by atoms with Gasteiger partial charge in [0.05, 0.1) is 28.1 Å². The molecule has 0 saturated heterocycles. The highest BCUT2D eigenvalue weighted by atomic mass is 15.2. The van der Waals surface area contributed by atoms with Gasteiger partial charge in [0.25, 0.3) is 0 Å². The average Bonchev–Trinajstić information content (AvgIpc) is 3.71. The molecule has 0 aliphatic carbocycles. The molecular formula is C46H34N4. The van der Waals surface area contributed by atoms with E-state index in [0.29, 0.717) is 0 Å². The summed E-state index contributed by atoms with van der Waals surface area (Å²) in [6.45, 7) is 0. The highest BCUT2D eigenvalue weighted by molar-refractivity contribution is 6.10. The molecule has 50 heavy (non-hydrogen) atoms. The normalized spacial score (nSPS) is 16.2. The van der Waals surface area contributed by atoms with Crippen LogP contribution < -0.4 is 10.6 Å². The Balaban J connectivity index is 1.08. The van der Waals surface area contributed by atoms with Gasteiger partial charge in [0.2, 0.25) is 0 Å². The molecule has 0 fully saturated rings. The Morgan fingerprint density at radius 2 is 0.840 bits per heavy atom. The number of para-hydroxylation sites is 4. The number of rotatable bonds is 5. The molecule has 1 aliphatic rings. The first-order valence-corrected chi connectivity index (χ1v) is 17.3. The van der Waals surface area contributed by atoms with Crippen molar-refractivity contribution >= 4 is 49.3 Å². The van der Waals surface area contributed by atoms with E-state index in [1.165, 1.54) is 60.3 Å². The molecular weight excluding hydrogens is 609 g/mol. The molecule has 2 unspecified atom stereocenters. The van der Waals surface area contributed by atoms with Crippen molar-refractivity contribution in [2.75, 3.05) is 0 Å². The van der Waals surface area contributed by atoms with Crippen LogP contribution in [-0.4, -0.2) is 9.13 Å². The average molecular weight is 643 g/mol. The summed E-state index contributed by atoms with van der Waals surface area (Å²) in [6.07, 6.45) is 2.21. The molecule has 2 atom stereocenters. The van der Waals surface area contributed by atoms with Crippen LogP contribution in [0.3, 0.4) is 0 Å². The van der Waals surface area contributed by atoms with Crippen molar-refractivity contribution in [3.63, 3.8) is 0 Å². The Morgan fingerprint density at radius 3 is 1.36 bits per heavy atom. The Kier molecular flexibility index (Phi) is 6.68. The summed E-state index contributed by atoms with van der Waals surface area (Å²) in [5.74, 6) is 0. The summed E-state index contributed by atoms with van der Waals surface area (Å²) in [5.41, 5.74) is 11.8. The van der Waals surface area contributed by atoms with Gasteiger partial charge in [-0.05, 0) is 71.3 Å². The van der Waals surface area contributed by atoms with E-state index in [4.69, 9.17) is 0 Å². The fourth-order valence-corrected chi connectivity index (χ4v) is 7.91. The molecule has 10 rings (SSSR count). The zero-order valence-corrected chi connectivity index (χ0v) is 27.4. The molecule has 2 N–H and O–H groups in total. The second-order valence-electron chi connectivity index (χ2n) is 13.1. The van der Waals surface area contributed by atoms with Crippen LogP contribution in [-0.2, 0) is 0 Å². The summed E-state index contributed by atoms with van der Waals surface area (Å²) >= 11 is 0. The molecule has 238 valence electrons. The largest absolute Gasteiger partial charge is 0.366 e. The van der Waals surface area contributed by atoms with E-state index < -0.39 is 0 Å². The van der Waals surface area contributed by atoms with Crippen molar-refractivity contribution in [2.45, 2.75) is 12.2 Å². The minimum absolute atomic E-state index is 0.0265. The van der Waals surface area contributed by atoms with Crippen molar-refractivity contribution in [1.82, 2.24) is 19.8 Å². The second-order valence-corrected chi connectivity index (χ2v) is 13.1. The van der Waals surface area contributed by atoms with Crippen molar-refractivity contribution in [3.05, 3.63) is 199 Å². The van der Waals surface area contributed by atoms with Gasteiger partial charge < -0.3 is 14.5 Å². The predicted molar refractivity (Wildman–Crippen MR) is 208 cm³/mol. The number of hydrogen-bond donors (Lipinski definition) is 2. The van der Waals surface area contributed by atoms with E-state index in [-0.39, 0.29) is 12.2 Å². The van der Waals surface area contributed by atoms with E-state index in [2.05, 4.69) is 202 Å². The van der Waals surface area contributed by atoms with Gasteiger partial charge in [-0.25, -0.2) is 0 Å². The number of hydrogen-bond acceptors (Lipinski definition) is 2. The molecule has 0 saturated carbocycles. The van der Waals surface area contributed by atoms with Crippen LogP contribution >= 0.6 is 0 Å². The van der Waals surface area contributed by atoms with Gasteiger partial charge in [-0.2, -0.15) is 0 Å². The van der Waals surface area contributed by atoms with Crippen LogP contribution in [0.5, 0.6) is 0 Å². The van der Waals surface area contributed by atoms with Gasteiger partial charge in [-0.3, -0.25) is 5.32 Å². The number of nitrogens with one attached hydrogen (secondary N) is 2. The van der Waals surface area contributed by atoms with Crippen LogP contribution in [0.1, 0.15) is 28.9 Å². The third kappa shape index (κ3) is 4.65. The van der Waals surface area contributed by atoms with Crippen LogP contribution in [0.2, 0.25) is 0 Å². The quantitative estimate of drug-likeness (QED) is 0.196. The fourth-order valence-electron chi connectivity index (χ4n) is 7.91. The Labute approximate surface area is 290 Å². The lowest BCUT2D eigenvalue weighted by Crippen LogP contribution is -2.39. The smallest absolute Gasteiger partial charge is 0.104 e. The van der Waals surface area contributed by atoms with Crippen molar-refractivity contribution < 1.29 is 0 Å². The molecule has 0 bridgehead atoms. The van der Waals surface area contributed by atoms with Gasteiger partial charge >= 0.3 is 0 Å². The maximum Gasteiger partial charge on any atom is 0.104 e. The van der Waals surface area contributed by atoms with E-state index in [9.17, 15) is 0 Å². The highest BCUT2D eigenvalue weighted by Gasteiger charge is 2.25. The van der Waals surface area contributed by atoms with Crippen molar-refractivity contribution in [1.29, 1.82) is 0 Å². The third-order valence-electron chi connectivity index (χ3n) is 10.2. The molecule has 2 aromatic heterocycles. The molecule has 3 heterocycles. The van der Waals surface area contributed by atoms with Crippen molar-refractivity contribution in [2.24, 2.45) is 0 Å². The van der Waals surface area contributed by atoms with E-state index in [1.54, 1.807) is 0 Å². The highest BCUT2D eigenvalue weighted by Crippen LogP contribution is 2.36. The van der Waals surface area contributed by atoms with Gasteiger partial charge in [0.1, 0.15) is 6.17 Å². The minimum Gasteiger partial charge on any atom is -0.366 e. The zero-order chi connectivity index (χ0) is 33.0. The lowest BCUT2D eigenvalue weighted by atomic mass is 9.98. The topological polar surface area (TPSA) is 33.9 Å². The van der Waals surface area contributed by atoms with E-state index in [1.807, 2.05) is 0 Å². The van der Waals surface area contributed by atoms with Crippen LogP contribution in [0.4, 0.5) is 0 Å². The fraction of sp³-hybridized carbons (Fsp3) is 0.0435. The van der Waals surface area contributed by atoms with E-state index >= 15 is 0 Å². The maximum atomic E-state index is 3.97. The number of nitrogens with zero attached hydrogens (tertiary/aromatic N) is 2. The predicted octanol–water partition coefficient (Wildman–Crippen LogP) is 10.9. The Hall–Kier alpha value is -6.36. The molecule has 7 aromatic carbocycles. The first-order chi connectivity index (χ1) is 24.8. The SMILES string of the molecule is C1=C(c2ccccc2)NC(c2cccc(-n3c4ccccc4c4ccccc43)c2)NC1c1cccc(-n2c3ccccc3c3ccccc32)c1. The maximum absolute atomic E-state index is 3.97.